The molecule has 114 valence electrons. The Morgan fingerprint density at radius 3 is 1.21 bits per heavy atom. The smallest absolute Gasteiger partial charge is 0.162 e. The lowest BCUT2D eigenvalue weighted by molar-refractivity contribution is -0.267. The minimum atomic E-state index is -0.459. The van der Waals surface area contributed by atoms with Gasteiger partial charge in [-0.3, -0.25) is 0 Å². The fourth-order valence-corrected chi connectivity index (χ4v) is 1.91. The van der Waals surface area contributed by atoms with Crippen molar-refractivity contribution in [3.63, 3.8) is 0 Å². The van der Waals surface area contributed by atoms with Crippen LogP contribution in [-0.4, -0.2) is 50.1 Å². The van der Waals surface area contributed by atoms with Crippen LogP contribution in [0.5, 0.6) is 0 Å². The molecule has 0 aromatic heterocycles. The highest BCUT2D eigenvalue weighted by atomic mass is 16.7. The van der Waals surface area contributed by atoms with Crippen molar-refractivity contribution in [1.82, 2.24) is 5.32 Å². The van der Waals surface area contributed by atoms with E-state index >= 15 is 0 Å². The van der Waals surface area contributed by atoms with Gasteiger partial charge in [-0.1, -0.05) is 13.8 Å². The lowest BCUT2D eigenvalue weighted by Gasteiger charge is -2.40. The van der Waals surface area contributed by atoms with Gasteiger partial charge in [0.2, 0.25) is 0 Å². The lowest BCUT2D eigenvalue weighted by Crippen LogP contribution is -2.56. The predicted octanol–water partition coefficient (Wildman–Crippen LogP) is 1.91. The van der Waals surface area contributed by atoms with Crippen molar-refractivity contribution in [3.8, 4) is 0 Å². The SMILES string of the molecule is CC.CC1(C)OCC(NC2COC(C)(C)OC2)CO1. The summed E-state index contributed by atoms with van der Waals surface area (Å²) in [6.07, 6.45) is 0. The molecular formula is C14H29NO4. The van der Waals surface area contributed by atoms with E-state index in [4.69, 9.17) is 18.9 Å². The standard InChI is InChI=1S/C12H23NO4.C2H6/c1-11(2)14-5-9(6-15-11)13-10-7-16-12(3,4)17-8-10;1-2/h9-10,13H,5-8H2,1-4H3;1-2H3. The van der Waals surface area contributed by atoms with E-state index < -0.39 is 11.6 Å². The molecule has 0 saturated carbocycles. The van der Waals surface area contributed by atoms with Crippen molar-refractivity contribution in [2.75, 3.05) is 26.4 Å². The van der Waals surface area contributed by atoms with E-state index in [2.05, 4.69) is 5.32 Å². The minimum Gasteiger partial charge on any atom is -0.349 e. The molecule has 2 aliphatic rings. The summed E-state index contributed by atoms with van der Waals surface area (Å²) in [6, 6.07) is 0.419. The van der Waals surface area contributed by atoms with Crippen molar-refractivity contribution in [2.24, 2.45) is 0 Å². The highest BCUT2D eigenvalue weighted by Gasteiger charge is 2.32. The number of nitrogens with one attached hydrogen (secondary N) is 1. The molecule has 2 heterocycles. The molecule has 0 aliphatic carbocycles. The molecule has 0 unspecified atom stereocenters. The zero-order valence-corrected chi connectivity index (χ0v) is 13.1. The van der Waals surface area contributed by atoms with E-state index in [1.165, 1.54) is 0 Å². The quantitative estimate of drug-likeness (QED) is 0.834. The second-order valence-corrected chi connectivity index (χ2v) is 5.60. The summed E-state index contributed by atoms with van der Waals surface area (Å²) in [5.41, 5.74) is 0. The second kappa shape index (κ2) is 6.99. The average molecular weight is 275 g/mol. The van der Waals surface area contributed by atoms with Crippen molar-refractivity contribution < 1.29 is 18.9 Å². The van der Waals surface area contributed by atoms with Crippen LogP contribution in [0.1, 0.15) is 41.5 Å². The van der Waals surface area contributed by atoms with Crippen LogP contribution in [0.2, 0.25) is 0 Å². The van der Waals surface area contributed by atoms with Crippen LogP contribution in [-0.2, 0) is 18.9 Å². The Kier molecular flexibility index (Phi) is 6.20. The van der Waals surface area contributed by atoms with E-state index in [1.54, 1.807) is 0 Å². The first-order chi connectivity index (χ1) is 8.86. The van der Waals surface area contributed by atoms with Gasteiger partial charge >= 0.3 is 0 Å². The predicted molar refractivity (Wildman–Crippen MR) is 74.0 cm³/mol. The first kappa shape index (κ1) is 16.9. The van der Waals surface area contributed by atoms with Gasteiger partial charge in [0.25, 0.3) is 0 Å². The Morgan fingerprint density at radius 2 is 0.947 bits per heavy atom. The van der Waals surface area contributed by atoms with Crippen LogP contribution in [0.15, 0.2) is 0 Å². The number of rotatable bonds is 2. The van der Waals surface area contributed by atoms with Gasteiger partial charge in [-0.05, 0) is 27.7 Å². The molecule has 5 heteroatoms. The van der Waals surface area contributed by atoms with Gasteiger partial charge in [0.15, 0.2) is 11.6 Å². The zero-order chi connectivity index (χ0) is 14.5. The van der Waals surface area contributed by atoms with Gasteiger partial charge in [0.1, 0.15) is 0 Å². The van der Waals surface area contributed by atoms with Crippen molar-refractivity contribution in [1.29, 1.82) is 0 Å². The Balaban J connectivity index is 0.000000861. The third-order valence-electron chi connectivity index (χ3n) is 3.00. The Labute approximate surface area is 116 Å². The largest absolute Gasteiger partial charge is 0.349 e. The molecule has 0 atom stereocenters. The van der Waals surface area contributed by atoms with Gasteiger partial charge in [-0.25, -0.2) is 0 Å². The van der Waals surface area contributed by atoms with Gasteiger partial charge in [0.05, 0.1) is 38.5 Å². The highest BCUT2D eigenvalue weighted by Crippen LogP contribution is 2.20. The zero-order valence-electron chi connectivity index (χ0n) is 13.1. The normalized spacial score (nSPS) is 27.5. The van der Waals surface area contributed by atoms with E-state index in [0.29, 0.717) is 26.4 Å². The molecule has 1 N–H and O–H groups in total. The minimum absolute atomic E-state index is 0.210. The summed E-state index contributed by atoms with van der Waals surface area (Å²) in [5, 5.41) is 3.43. The summed E-state index contributed by atoms with van der Waals surface area (Å²) in [5.74, 6) is -0.917. The average Bonchev–Trinajstić information content (AvgIpc) is 2.37. The molecule has 19 heavy (non-hydrogen) atoms. The van der Waals surface area contributed by atoms with Crippen LogP contribution in [0.3, 0.4) is 0 Å². The molecule has 2 saturated heterocycles. The van der Waals surface area contributed by atoms with Crippen LogP contribution >= 0.6 is 0 Å². The molecule has 0 radical (unpaired) electrons. The molecule has 0 amide bonds. The summed E-state index contributed by atoms with van der Waals surface area (Å²) in [7, 11) is 0. The summed E-state index contributed by atoms with van der Waals surface area (Å²) in [6.45, 7) is 14.4. The number of hydrogen-bond acceptors (Lipinski definition) is 5. The summed E-state index contributed by atoms with van der Waals surface area (Å²) >= 11 is 0. The Bertz CT molecular complexity index is 222. The lowest BCUT2D eigenvalue weighted by atomic mass is 10.2. The molecule has 2 fully saturated rings. The van der Waals surface area contributed by atoms with Crippen molar-refractivity contribution in [2.45, 2.75) is 65.2 Å². The summed E-state index contributed by atoms with van der Waals surface area (Å²) < 4.78 is 22.4. The molecule has 2 aliphatic heterocycles. The van der Waals surface area contributed by atoms with Crippen LogP contribution in [0, 0.1) is 0 Å². The first-order valence-corrected chi connectivity index (χ1v) is 7.18. The fourth-order valence-electron chi connectivity index (χ4n) is 1.91. The fraction of sp³-hybridized carbons (Fsp3) is 1.00. The third kappa shape index (κ3) is 5.75. The molecule has 0 aromatic carbocycles. The highest BCUT2D eigenvalue weighted by molar-refractivity contribution is 4.80. The van der Waals surface area contributed by atoms with Crippen molar-refractivity contribution in [3.05, 3.63) is 0 Å². The Hall–Kier alpha value is -0.200. The molecule has 0 spiro atoms. The topological polar surface area (TPSA) is 49.0 Å². The van der Waals surface area contributed by atoms with Gasteiger partial charge < -0.3 is 24.3 Å². The molecule has 0 aromatic rings. The van der Waals surface area contributed by atoms with Gasteiger partial charge in [0, 0.05) is 0 Å². The van der Waals surface area contributed by atoms with E-state index in [1.807, 2.05) is 41.5 Å². The monoisotopic (exact) mass is 275 g/mol. The van der Waals surface area contributed by atoms with Crippen molar-refractivity contribution >= 4 is 0 Å². The van der Waals surface area contributed by atoms with E-state index in [-0.39, 0.29) is 12.1 Å². The maximum atomic E-state index is 5.59. The molecule has 0 bridgehead atoms. The van der Waals surface area contributed by atoms with E-state index in [9.17, 15) is 0 Å². The van der Waals surface area contributed by atoms with Gasteiger partial charge in [-0.15, -0.1) is 0 Å². The first-order valence-electron chi connectivity index (χ1n) is 7.18. The molecular weight excluding hydrogens is 246 g/mol. The maximum Gasteiger partial charge on any atom is 0.162 e. The van der Waals surface area contributed by atoms with Gasteiger partial charge in [-0.2, -0.15) is 0 Å². The number of ether oxygens (including phenoxy) is 4. The van der Waals surface area contributed by atoms with Crippen LogP contribution < -0.4 is 5.32 Å². The maximum absolute atomic E-state index is 5.59. The molecule has 5 nitrogen and oxygen atoms in total. The summed E-state index contributed by atoms with van der Waals surface area (Å²) in [4.78, 5) is 0. The van der Waals surface area contributed by atoms with E-state index in [0.717, 1.165) is 0 Å². The third-order valence-corrected chi connectivity index (χ3v) is 3.00. The van der Waals surface area contributed by atoms with Crippen LogP contribution in [0.25, 0.3) is 0 Å². The second-order valence-electron chi connectivity index (χ2n) is 5.60. The van der Waals surface area contributed by atoms with Crippen LogP contribution in [0.4, 0.5) is 0 Å². The number of hydrogen-bond donors (Lipinski definition) is 1. The molecule has 2 rings (SSSR count). The Morgan fingerprint density at radius 1 is 0.684 bits per heavy atom.